The lowest BCUT2D eigenvalue weighted by atomic mass is 9.81. The summed E-state index contributed by atoms with van der Waals surface area (Å²) in [5.74, 6) is 0. The van der Waals surface area contributed by atoms with Gasteiger partial charge in [-0.15, -0.1) is 0 Å². The Morgan fingerprint density at radius 1 is 1.45 bits per heavy atom. The molecular weight excluding hydrogens is 252 g/mol. The summed E-state index contributed by atoms with van der Waals surface area (Å²) in [6, 6.07) is 2.04. The maximum Gasteiger partial charge on any atom is 0.0947 e. The highest BCUT2D eigenvalue weighted by Gasteiger charge is 2.33. The molecule has 114 valence electrons. The number of furan rings is 1. The Labute approximate surface area is 122 Å². The van der Waals surface area contributed by atoms with E-state index >= 15 is 0 Å². The van der Waals surface area contributed by atoms with Crippen molar-refractivity contribution in [2.45, 2.75) is 32.7 Å². The minimum absolute atomic E-state index is 0.256. The van der Waals surface area contributed by atoms with E-state index in [1.807, 2.05) is 12.3 Å². The third-order valence-electron chi connectivity index (χ3n) is 3.97. The molecule has 1 unspecified atom stereocenters. The van der Waals surface area contributed by atoms with Gasteiger partial charge in [-0.3, -0.25) is 0 Å². The number of hydrogen-bond donors (Lipinski definition) is 1. The van der Waals surface area contributed by atoms with E-state index in [2.05, 4.69) is 24.2 Å². The molecule has 2 rings (SSSR count). The molecule has 1 N–H and O–H groups in total. The van der Waals surface area contributed by atoms with Crippen LogP contribution in [0.25, 0.3) is 0 Å². The zero-order valence-electron chi connectivity index (χ0n) is 12.9. The second-order valence-corrected chi connectivity index (χ2v) is 6.14. The van der Waals surface area contributed by atoms with Gasteiger partial charge >= 0.3 is 0 Å². The van der Waals surface area contributed by atoms with Crippen LogP contribution in [0.4, 0.5) is 0 Å². The van der Waals surface area contributed by atoms with Crippen LogP contribution >= 0.6 is 0 Å². The average Bonchev–Trinajstić information content (AvgIpc) is 2.92. The van der Waals surface area contributed by atoms with Crippen molar-refractivity contribution in [3.8, 4) is 0 Å². The standard InChI is InChI=1S/C16H28N2O2/c1-3-7-17-12-16(6-4-8-20-14-16)13-18(2)10-15-5-9-19-11-15/h5,9,11,17H,3-4,6-8,10,12-14H2,1-2H3. The smallest absolute Gasteiger partial charge is 0.0947 e. The van der Waals surface area contributed by atoms with Crippen LogP contribution < -0.4 is 5.32 Å². The molecule has 1 atom stereocenters. The monoisotopic (exact) mass is 280 g/mol. The molecule has 4 nitrogen and oxygen atoms in total. The van der Waals surface area contributed by atoms with Crippen LogP contribution in [-0.4, -0.2) is 44.8 Å². The van der Waals surface area contributed by atoms with E-state index in [9.17, 15) is 0 Å². The van der Waals surface area contributed by atoms with Crippen molar-refractivity contribution in [2.75, 3.05) is 39.9 Å². The van der Waals surface area contributed by atoms with Crippen molar-refractivity contribution >= 4 is 0 Å². The molecule has 2 heterocycles. The normalized spacial score (nSPS) is 23.4. The van der Waals surface area contributed by atoms with Crippen LogP contribution in [0.2, 0.25) is 0 Å². The molecule has 1 saturated heterocycles. The first-order chi connectivity index (χ1) is 9.74. The fourth-order valence-electron chi connectivity index (χ4n) is 3.08. The Morgan fingerprint density at radius 3 is 3.00 bits per heavy atom. The molecule has 0 aromatic carbocycles. The predicted octanol–water partition coefficient (Wildman–Crippen LogP) is 2.51. The lowest BCUT2D eigenvalue weighted by Gasteiger charge is -2.40. The number of nitrogens with one attached hydrogen (secondary N) is 1. The van der Waals surface area contributed by atoms with Gasteiger partial charge in [0.25, 0.3) is 0 Å². The van der Waals surface area contributed by atoms with Crippen molar-refractivity contribution in [3.63, 3.8) is 0 Å². The molecule has 1 fully saturated rings. The Balaban J connectivity index is 1.88. The van der Waals surface area contributed by atoms with Crippen molar-refractivity contribution in [2.24, 2.45) is 5.41 Å². The molecule has 0 bridgehead atoms. The Bertz CT molecular complexity index is 359. The molecule has 0 spiro atoms. The molecule has 1 aliphatic rings. The maximum absolute atomic E-state index is 5.77. The molecule has 4 heteroatoms. The topological polar surface area (TPSA) is 37.6 Å². The highest BCUT2D eigenvalue weighted by atomic mass is 16.5. The van der Waals surface area contributed by atoms with Crippen molar-refractivity contribution in [1.82, 2.24) is 10.2 Å². The van der Waals surface area contributed by atoms with Crippen LogP contribution in [0, 0.1) is 5.41 Å². The Morgan fingerprint density at radius 2 is 2.35 bits per heavy atom. The second-order valence-electron chi connectivity index (χ2n) is 6.14. The summed E-state index contributed by atoms with van der Waals surface area (Å²) in [7, 11) is 2.18. The first-order valence-electron chi connectivity index (χ1n) is 7.72. The van der Waals surface area contributed by atoms with E-state index in [1.54, 1.807) is 6.26 Å². The van der Waals surface area contributed by atoms with Crippen LogP contribution in [0.15, 0.2) is 23.0 Å². The van der Waals surface area contributed by atoms with Crippen LogP contribution in [0.1, 0.15) is 31.7 Å². The lowest BCUT2D eigenvalue weighted by Crippen LogP contribution is -2.48. The fourth-order valence-corrected chi connectivity index (χ4v) is 3.08. The Kier molecular flexibility index (Phi) is 6.07. The number of hydrogen-bond acceptors (Lipinski definition) is 4. The van der Waals surface area contributed by atoms with Gasteiger partial charge in [0.05, 0.1) is 19.1 Å². The lowest BCUT2D eigenvalue weighted by molar-refractivity contribution is -0.0236. The van der Waals surface area contributed by atoms with E-state index in [0.29, 0.717) is 0 Å². The summed E-state index contributed by atoms with van der Waals surface area (Å²) < 4.78 is 10.9. The summed E-state index contributed by atoms with van der Waals surface area (Å²) in [6.07, 6.45) is 7.18. The highest BCUT2D eigenvalue weighted by molar-refractivity contribution is 5.05. The van der Waals surface area contributed by atoms with Gasteiger partial charge in [0.2, 0.25) is 0 Å². The minimum atomic E-state index is 0.256. The SMILES string of the molecule is CCCNCC1(CN(C)Cc2ccoc2)CCCOC1. The second kappa shape index (κ2) is 7.81. The molecule has 0 aliphatic carbocycles. The first kappa shape index (κ1) is 15.5. The Hall–Kier alpha value is -0.840. The molecule has 0 radical (unpaired) electrons. The summed E-state index contributed by atoms with van der Waals surface area (Å²) in [5, 5.41) is 3.58. The van der Waals surface area contributed by atoms with Crippen molar-refractivity contribution in [1.29, 1.82) is 0 Å². The minimum Gasteiger partial charge on any atom is -0.472 e. The van der Waals surface area contributed by atoms with Crippen LogP contribution in [-0.2, 0) is 11.3 Å². The summed E-state index contributed by atoms with van der Waals surface area (Å²) in [6.45, 7) is 8.15. The fraction of sp³-hybridized carbons (Fsp3) is 0.750. The van der Waals surface area contributed by atoms with E-state index < -0.39 is 0 Å². The van der Waals surface area contributed by atoms with Gasteiger partial charge in [0.1, 0.15) is 0 Å². The van der Waals surface area contributed by atoms with E-state index in [4.69, 9.17) is 9.15 Å². The van der Waals surface area contributed by atoms with Gasteiger partial charge < -0.3 is 19.4 Å². The largest absolute Gasteiger partial charge is 0.472 e. The molecule has 0 saturated carbocycles. The third kappa shape index (κ3) is 4.62. The number of nitrogens with zero attached hydrogens (tertiary/aromatic N) is 1. The summed E-state index contributed by atoms with van der Waals surface area (Å²) >= 11 is 0. The zero-order chi connectivity index (χ0) is 14.3. The highest BCUT2D eigenvalue weighted by Crippen LogP contribution is 2.29. The zero-order valence-corrected chi connectivity index (χ0v) is 12.9. The van der Waals surface area contributed by atoms with Crippen LogP contribution in [0.5, 0.6) is 0 Å². The van der Waals surface area contributed by atoms with Crippen LogP contribution in [0.3, 0.4) is 0 Å². The van der Waals surface area contributed by atoms with Crippen molar-refractivity contribution < 1.29 is 9.15 Å². The molecule has 1 aromatic rings. The van der Waals surface area contributed by atoms with Gasteiger partial charge in [-0.1, -0.05) is 6.92 Å². The van der Waals surface area contributed by atoms with E-state index in [1.165, 1.54) is 24.8 Å². The molecule has 1 aromatic heterocycles. The molecule has 0 amide bonds. The van der Waals surface area contributed by atoms with Gasteiger partial charge in [-0.2, -0.15) is 0 Å². The maximum atomic E-state index is 5.77. The molecule has 20 heavy (non-hydrogen) atoms. The summed E-state index contributed by atoms with van der Waals surface area (Å²) in [4.78, 5) is 2.38. The summed E-state index contributed by atoms with van der Waals surface area (Å²) in [5.41, 5.74) is 1.49. The quantitative estimate of drug-likeness (QED) is 0.743. The van der Waals surface area contributed by atoms with Gasteiger partial charge in [-0.25, -0.2) is 0 Å². The third-order valence-corrected chi connectivity index (χ3v) is 3.97. The van der Waals surface area contributed by atoms with Gasteiger partial charge in [-0.05, 0) is 38.9 Å². The molecular formula is C16H28N2O2. The van der Waals surface area contributed by atoms with Gasteiger partial charge in [0, 0.05) is 37.2 Å². The number of rotatable bonds is 8. The number of ether oxygens (including phenoxy) is 1. The van der Waals surface area contributed by atoms with Gasteiger partial charge in [0.15, 0.2) is 0 Å². The molecule has 1 aliphatic heterocycles. The van der Waals surface area contributed by atoms with E-state index in [-0.39, 0.29) is 5.41 Å². The first-order valence-corrected chi connectivity index (χ1v) is 7.72. The van der Waals surface area contributed by atoms with E-state index in [0.717, 1.165) is 39.4 Å². The predicted molar refractivity (Wildman–Crippen MR) is 80.7 cm³/mol. The average molecular weight is 280 g/mol. The van der Waals surface area contributed by atoms with Crippen molar-refractivity contribution in [3.05, 3.63) is 24.2 Å².